The first kappa shape index (κ1) is 15.0. The van der Waals surface area contributed by atoms with E-state index < -0.39 is 0 Å². The molecular weight excluding hydrogens is 310 g/mol. The zero-order valence-corrected chi connectivity index (χ0v) is 13.1. The molecule has 0 aliphatic carbocycles. The molecule has 108 valence electrons. The van der Waals surface area contributed by atoms with E-state index in [1.165, 1.54) is 0 Å². The summed E-state index contributed by atoms with van der Waals surface area (Å²) in [5.74, 6) is 0. The molecule has 0 radical (unpaired) electrons. The summed E-state index contributed by atoms with van der Waals surface area (Å²) < 4.78 is 14.2. The van der Waals surface area contributed by atoms with Crippen LogP contribution in [0, 0.1) is 0 Å². The van der Waals surface area contributed by atoms with Crippen LogP contribution < -0.4 is 5.73 Å². The zero-order valence-electron chi connectivity index (χ0n) is 11.6. The largest absolute Gasteiger partial charge is 0.376 e. The molecule has 2 N–H and O–H groups in total. The molecule has 0 amide bonds. The molecule has 2 unspecified atom stereocenters. The Morgan fingerprint density at radius 2 is 2.26 bits per heavy atom. The third-order valence-electron chi connectivity index (χ3n) is 3.44. The average Bonchev–Trinajstić information content (AvgIpc) is 2.76. The number of rotatable bonds is 5. The highest BCUT2D eigenvalue weighted by Crippen LogP contribution is 2.24. The summed E-state index contributed by atoms with van der Waals surface area (Å²) in [5, 5.41) is 4.59. The number of nitrogens with two attached hydrogens (primary N) is 1. The lowest BCUT2D eigenvalue weighted by Gasteiger charge is -2.28. The summed E-state index contributed by atoms with van der Waals surface area (Å²) in [6.07, 6.45) is 1.64. The Morgan fingerprint density at radius 1 is 1.47 bits per heavy atom. The fourth-order valence-electron chi connectivity index (χ4n) is 2.32. The molecule has 2 heterocycles. The molecule has 19 heavy (non-hydrogen) atoms. The predicted octanol–water partition coefficient (Wildman–Crippen LogP) is 1.51. The summed E-state index contributed by atoms with van der Waals surface area (Å²) >= 11 is 3.64. The van der Waals surface area contributed by atoms with Crippen LogP contribution >= 0.6 is 15.9 Å². The molecule has 6 heteroatoms. The van der Waals surface area contributed by atoms with E-state index in [0.717, 1.165) is 35.2 Å². The summed E-state index contributed by atoms with van der Waals surface area (Å²) in [7, 11) is 0. The van der Waals surface area contributed by atoms with Crippen LogP contribution in [0.15, 0.2) is 4.47 Å². The van der Waals surface area contributed by atoms with E-state index in [4.69, 9.17) is 15.2 Å². The zero-order chi connectivity index (χ0) is 13.8. The number of aryl methyl sites for hydroxylation is 2. The number of hydrogen-bond acceptors (Lipinski definition) is 4. The molecule has 0 saturated carbocycles. The standard InChI is InChI=1S/C13H22BrN3O2/c1-3-10-13(14)11(17(4-2)16-10)7-9(15)12-8-18-5-6-19-12/h9,12H,3-8,15H2,1-2H3. The number of halogens is 1. The summed E-state index contributed by atoms with van der Waals surface area (Å²) in [6.45, 7) is 6.93. The molecule has 2 rings (SSSR count). The highest BCUT2D eigenvalue weighted by Gasteiger charge is 2.25. The van der Waals surface area contributed by atoms with E-state index in [0.29, 0.717) is 19.8 Å². The molecule has 5 nitrogen and oxygen atoms in total. The second-order valence-corrected chi connectivity index (χ2v) is 5.52. The van der Waals surface area contributed by atoms with Gasteiger partial charge in [-0.1, -0.05) is 6.92 Å². The van der Waals surface area contributed by atoms with Crippen LogP contribution in [0.1, 0.15) is 25.2 Å². The Balaban J connectivity index is 2.10. The number of hydrogen-bond donors (Lipinski definition) is 1. The minimum absolute atomic E-state index is 0.0223. The van der Waals surface area contributed by atoms with Crippen molar-refractivity contribution in [1.29, 1.82) is 0 Å². The Bertz CT molecular complexity index is 416. The highest BCUT2D eigenvalue weighted by molar-refractivity contribution is 9.10. The molecule has 0 bridgehead atoms. The van der Waals surface area contributed by atoms with E-state index in [1.807, 2.05) is 4.68 Å². The molecule has 1 aromatic rings. The van der Waals surface area contributed by atoms with Crippen molar-refractivity contribution in [3.05, 3.63) is 15.9 Å². The van der Waals surface area contributed by atoms with Crippen LogP contribution in [0.5, 0.6) is 0 Å². The van der Waals surface area contributed by atoms with Gasteiger partial charge in [-0.15, -0.1) is 0 Å². The number of aromatic nitrogens is 2. The SMILES string of the molecule is CCc1nn(CC)c(CC(N)C2COCCO2)c1Br. The van der Waals surface area contributed by atoms with Crippen molar-refractivity contribution in [2.45, 2.75) is 45.4 Å². The second-order valence-electron chi connectivity index (χ2n) is 4.73. The smallest absolute Gasteiger partial charge is 0.0963 e. The monoisotopic (exact) mass is 331 g/mol. The second kappa shape index (κ2) is 6.83. The number of ether oxygens (including phenoxy) is 2. The third kappa shape index (κ3) is 3.37. The van der Waals surface area contributed by atoms with E-state index in [-0.39, 0.29) is 12.1 Å². The van der Waals surface area contributed by atoms with E-state index in [1.54, 1.807) is 0 Å². The Labute approximate surface area is 122 Å². The quantitative estimate of drug-likeness (QED) is 0.888. The maximum absolute atomic E-state index is 6.26. The van der Waals surface area contributed by atoms with Gasteiger partial charge in [0, 0.05) is 19.0 Å². The summed E-state index contributed by atoms with van der Waals surface area (Å²) in [5.41, 5.74) is 8.50. The van der Waals surface area contributed by atoms with Crippen molar-refractivity contribution in [2.24, 2.45) is 5.73 Å². The van der Waals surface area contributed by atoms with Gasteiger partial charge in [-0.25, -0.2) is 0 Å². The van der Waals surface area contributed by atoms with Crippen molar-refractivity contribution in [2.75, 3.05) is 19.8 Å². The fraction of sp³-hybridized carbons (Fsp3) is 0.769. The normalized spacial score (nSPS) is 21.6. The fourth-order valence-corrected chi connectivity index (χ4v) is 3.05. The highest BCUT2D eigenvalue weighted by atomic mass is 79.9. The van der Waals surface area contributed by atoms with Gasteiger partial charge in [-0.3, -0.25) is 4.68 Å². The van der Waals surface area contributed by atoms with Crippen molar-refractivity contribution in [1.82, 2.24) is 9.78 Å². The topological polar surface area (TPSA) is 62.3 Å². The molecule has 0 spiro atoms. The lowest BCUT2D eigenvalue weighted by Crippen LogP contribution is -2.45. The summed E-state index contributed by atoms with van der Waals surface area (Å²) in [6, 6.07) is -0.0664. The molecule has 1 saturated heterocycles. The van der Waals surface area contributed by atoms with Gasteiger partial charge in [0.1, 0.15) is 0 Å². The van der Waals surface area contributed by atoms with Gasteiger partial charge in [-0.05, 0) is 29.3 Å². The maximum atomic E-state index is 6.26. The lowest BCUT2D eigenvalue weighted by atomic mass is 10.1. The van der Waals surface area contributed by atoms with Crippen LogP contribution in [0.3, 0.4) is 0 Å². The van der Waals surface area contributed by atoms with Crippen LogP contribution in [0.25, 0.3) is 0 Å². The van der Waals surface area contributed by atoms with Crippen LogP contribution in [0.4, 0.5) is 0 Å². The lowest BCUT2D eigenvalue weighted by molar-refractivity contribution is -0.0969. The predicted molar refractivity (Wildman–Crippen MR) is 77.2 cm³/mol. The van der Waals surface area contributed by atoms with Crippen LogP contribution in [-0.4, -0.2) is 41.7 Å². The van der Waals surface area contributed by atoms with Gasteiger partial charge in [-0.2, -0.15) is 5.10 Å². The van der Waals surface area contributed by atoms with Crippen molar-refractivity contribution in [3.8, 4) is 0 Å². The van der Waals surface area contributed by atoms with E-state index in [9.17, 15) is 0 Å². The molecule has 1 aliphatic rings. The molecule has 1 fully saturated rings. The van der Waals surface area contributed by atoms with Gasteiger partial charge in [0.25, 0.3) is 0 Å². The maximum Gasteiger partial charge on any atom is 0.0963 e. The van der Waals surface area contributed by atoms with Crippen LogP contribution in [-0.2, 0) is 28.9 Å². The van der Waals surface area contributed by atoms with Gasteiger partial charge in [0.05, 0.1) is 41.8 Å². The molecule has 1 aromatic heterocycles. The number of nitrogens with zero attached hydrogens (tertiary/aromatic N) is 2. The first-order valence-electron chi connectivity index (χ1n) is 6.86. The molecule has 0 aromatic carbocycles. The van der Waals surface area contributed by atoms with E-state index >= 15 is 0 Å². The minimum Gasteiger partial charge on any atom is -0.376 e. The first-order chi connectivity index (χ1) is 9.17. The van der Waals surface area contributed by atoms with Crippen molar-refractivity contribution >= 4 is 15.9 Å². The first-order valence-corrected chi connectivity index (χ1v) is 7.65. The van der Waals surface area contributed by atoms with Crippen molar-refractivity contribution in [3.63, 3.8) is 0 Å². The molecule has 2 atom stereocenters. The Kier molecular flexibility index (Phi) is 5.38. The molecule has 1 aliphatic heterocycles. The van der Waals surface area contributed by atoms with Gasteiger partial charge < -0.3 is 15.2 Å². The summed E-state index contributed by atoms with van der Waals surface area (Å²) in [4.78, 5) is 0. The average molecular weight is 332 g/mol. The molecular formula is C13H22BrN3O2. The third-order valence-corrected chi connectivity index (χ3v) is 4.36. The minimum atomic E-state index is -0.0664. The van der Waals surface area contributed by atoms with E-state index in [2.05, 4.69) is 34.9 Å². The van der Waals surface area contributed by atoms with Crippen LogP contribution in [0.2, 0.25) is 0 Å². The van der Waals surface area contributed by atoms with Gasteiger partial charge in [0.15, 0.2) is 0 Å². The van der Waals surface area contributed by atoms with Crippen molar-refractivity contribution < 1.29 is 9.47 Å². The van der Waals surface area contributed by atoms with Gasteiger partial charge >= 0.3 is 0 Å². The van der Waals surface area contributed by atoms with Gasteiger partial charge in [0.2, 0.25) is 0 Å². The Morgan fingerprint density at radius 3 is 2.84 bits per heavy atom. The Hall–Kier alpha value is -0.430.